The lowest BCUT2D eigenvalue weighted by Gasteiger charge is -2.22. The van der Waals surface area contributed by atoms with Gasteiger partial charge in [-0.3, -0.25) is 28.8 Å². The van der Waals surface area contributed by atoms with E-state index in [1.165, 1.54) is 68.8 Å². The van der Waals surface area contributed by atoms with Crippen LogP contribution in [0.25, 0.3) is 0 Å². The van der Waals surface area contributed by atoms with Crippen molar-refractivity contribution in [1.29, 1.82) is 0 Å². The molecule has 0 radical (unpaired) electrons. The van der Waals surface area contributed by atoms with Crippen molar-refractivity contribution in [2.75, 3.05) is 26.6 Å². The van der Waals surface area contributed by atoms with Crippen molar-refractivity contribution in [2.45, 2.75) is 6.92 Å². The molecule has 1 N–H and O–H groups in total. The molecule has 0 aliphatic heterocycles. The van der Waals surface area contributed by atoms with Gasteiger partial charge in [0.15, 0.2) is 5.78 Å². The molecule has 3 rings (SSSR count). The maximum absolute atomic E-state index is 13.6. The minimum Gasteiger partial charge on any atom is -0.497 e. The first-order valence-electron chi connectivity index (χ1n) is 12.0. The van der Waals surface area contributed by atoms with Crippen LogP contribution >= 0.6 is 0 Å². The Morgan fingerprint density at radius 2 is 1.35 bits per heavy atom. The van der Waals surface area contributed by atoms with Crippen molar-refractivity contribution in [1.82, 2.24) is 0 Å². The zero-order valence-electron chi connectivity index (χ0n) is 22.3. The molecule has 0 heterocycles. The predicted molar refractivity (Wildman–Crippen MR) is 143 cm³/mol. The molecule has 1 amide bonds. The second-order valence-electron chi connectivity index (χ2n) is 8.65. The molecule has 0 aromatic heterocycles. The van der Waals surface area contributed by atoms with Gasteiger partial charge in [-0.15, -0.1) is 0 Å². The summed E-state index contributed by atoms with van der Waals surface area (Å²) in [6.45, 7) is 1.77. The molecule has 0 bridgehead atoms. The van der Waals surface area contributed by atoms with E-state index >= 15 is 0 Å². The zero-order valence-corrected chi connectivity index (χ0v) is 22.3. The summed E-state index contributed by atoms with van der Waals surface area (Å²) in [5.41, 5.74) is 0.739. The largest absolute Gasteiger partial charge is 0.497 e. The highest BCUT2D eigenvalue weighted by molar-refractivity contribution is 6.55. The second kappa shape index (κ2) is 13.1. The lowest BCUT2D eigenvalue weighted by Crippen LogP contribution is -2.47. The number of ether oxygens (including phenoxy) is 3. The number of ketones is 4. The van der Waals surface area contributed by atoms with E-state index in [1.807, 2.05) is 0 Å². The lowest BCUT2D eigenvalue weighted by molar-refractivity contribution is -0.151. The van der Waals surface area contributed by atoms with Gasteiger partial charge in [-0.2, -0.15) is 0 Å². The van der Waals surface area contributed by atoms with Gasteiger partial charge in [-0.25, -0.2) is 0 Å². The zero-order chi connectivity index (χ0) is 29.4. The van der Waals surface area contributed by atoms with E-state index in [0.29, 0.717) is 5.75 Å². The number of Topliss-reactive ketones (excluding diaryl/α,β-unsaturated/α-hetero) is 4. The summed E-state index contributed by atoms with van der Waals surface area (Å²) >= 11 is 0. The van der Waals surface area contributed by atoms with Gasteiger partial charge in [0.05, 0.1) is 27.0 Å². The Kier molecular flexibility index (Phi) is 9.64. The van der Waals surface area contributed by atoms with E-state index in [0.717, 1.165) is 12.7 Å². The Hall–Kier alpha value is -5.12. The number of carbonyl (C=O) groups is 6. The second-order valence-corrected chi connectivity index (χ2v) is 8.65. The molecule has 206 valence electrons. The van der Waals surface area contributed by atoms with Crippen LogP contribution in [-0.4, -0.2) is 56.3 Å². The third kappa shape index (κ3) is 6.47. The van der Waals surface area contributed by atoms with Crippen LogP contribution in [0.3, 0.4) is 0 Å². The maximum Gasteiger partial charge on any atom is 0.317 e. The van der Waals surface area contributed by atoms with Crippen LogP contribution in [0.15, 0.2) is 72.8 Å². The third-order valence-corrected chi connectivity index (χ3v) is 6.11. The van der Waals surface area contributed by atoms with Gasteiger partial charge in [0.1, 0.15) is 23.3 Å². The highest BCUT2D eigenvalue weighted by atomic mass is 16.5. The monoisotopic (exact) mass is 545 g/mol. The maximum atomic E-state index is 13.6. The number of rotatable bonds is 12. The summed E-state index contributed by atoms with van der Waals surface area (Å²) < 4.78 is 15.1. The number of hydrogen-bond acceptors (Lipinski definition) is 9. The van der Waals surface area contributed by atoms with Gasteiger partial charge in [0.25, 0.3) is 5.91 Å². The van der Waals surface area contributed by atoms with Crippen LogP contribution in [0.1, 0.15) is 26.3 Å². The lowest BCUT2D eigenvalue weighted by atomic mass is 9.78. The Morgan fingerprint density at radius 1 is 0.700 bits per heavy atom. The molecule has 3 aromatic rings. The van der Waals surface area contributed by atoms with E-state index in [1.54, 1.807) is 25.1 Å². The Morgan fingerprint density at radius 3 is 1.93 bits per heavy atom. The van der Waals surface area contributed by atoms with Gasteiger partial charge in [-0.1, -0.05) is 60.2 Å². The van der Waals surface area contributed by atoms with Gasteiger partial charge in [0, 0.05) is 17.2 Å². The average Bonchev–Trinajstić information content (AvgIpc) is 2.99. The van der Waals surface area contributed by atoms with Crippen LogP contribution in [0.2, 0.25) is 0 Å². The number of amides is 1. The van der Waals surface area contributed by atoms with Crippen molar-refractivity contribution in [3.05, 3.63) is 89.5 Å². The van der Waals surface area contributed by atoms with E-state index in [-0.39, 0.29) is 22.6 Å². The minimum atomic E-state index is -2.31. The predicted octanol–water partition coefficient (Wildman–Crippen LogP) is 3.26. The van der Waals surface area contributed by atoms with Gasteiger partial charge >= 0.3 is 5.97 Å². The molecule has 10 heteroatoms. The first-order valence-corrected chi connectivity index (χ1v) is 12.0. The summed E-state index contributed by atoms with van der Waals surface area (Å²) in [5, 5.41) is 2.33. The van der Waals surface area contributed by atoms with Crippen LogP contribution in [0.4, 0.5) is 5.69 Å². The summed E-state index contributed by atoms with van der Waals surface area (Å²) in [4.78, 5) is 79.9. The molecule has 0 aliphatic rings. The molecule has 0 spiro atoms. The van der Waals surface area contributed by atoms with Gasteiger partial charge < -0.3 is 19.5 Å². The Balaban J connectivity index is 2.08. The number of hydrogen-bond donors (Lipinski definition) is 1. The van der Waals surface area contributed by atoms with Crippen molar-refractivity contribution in [3.63, 3.8) is 0 Å². The molecule has 0 unspecified atom stereocenters. The van der Waals surface area contributed by atoms with Crippen LogP contribution in [0.5, 0.6) is 11.5 Å². The van der Waals surface area contributed by atoms with Crippen LogP contribution in [0, 0.1) is 18.8 Å². The number of nitrogens with one attached hydrogen (secondary N) is 1. The molecular formula is C30H27NO9. The van der Waals surface area contributed by atoms with Gasteiger partial charge in [0.2, 0.25) is 17.3 Å². The van der Waals surface area contributed by atoms with Crippen molar-refractivity contribution in [3.8, 4) is 11.5 Å². The summed E-state index contributed by atoms with van der Waals surface area (Å²) in [7, 11) is 3.71. The van der Waals surface area contributed by atoms with Gasteiger partial charge in [-0.05, 0) is 19.1 Å². The van der Waals surface area contributed by atoms with E-state index in [2.05, 4.69) is 5.32 Å². The average molecular weight is 546 g/mol. The fraction of sp³-hybridized carbons (Fsp3) is 0.200. The molecule has 2 atom stereocenters. The van der Waals surface area contributed by atoms with Crippen LogP contribution in [-0.2, 0) is 23.9 Å². The third-order valence-electron chi connectivity index (χ3n) is 6.11. The minimum absolute atomic E-state index is 0.0245. The summed E-state index contributed by atoms with van der Waals surface area (Å²) in [6.07, 6.45) is 0. The number of carbonyl (C=O) groups excluding carboxylic acids is 6. The molecule has 0 aliphatic carbocycles. The fourth-order valence-electron chi connectivity index (χ4n) is 3.94. The quantitative estimate of drug-likeness (QED) is 0.157. The molecule has 3 aromatic carbocycles. The first kappa shape index (κ1) is 29.4. The summed E-state index contributed by atoms with van der Waals surface area (Å²) in [6, 6.07) is 17.6. The smallest absolute Gasteiger partial charge is 0.317 e. The number of benzene rings is 3. The SMILES string of the molecule is COC(=O)[C@H](C(=O)c1ccccc1)[C@H](C(=O)C(=O)Nc1ccc(OC)cc1OC)C(=O)C(=O)c1ccc(C)cc1. The van der Waals surface area contributed by atoms with E-state index < -0.39 is 46.8 Å². The molecule has 10 nitrogen and oxygen atoms in total. The standard InChI is InChI=1S/C30H27NO9/c1-17-10-12-19(13-11-17)26(33)27(34)23(24(30(37)40-4)25(32)18-8-6-5-7-9-18)28(35)29(36)31-21-15-14-20(38-2)16-22(21)39-3/h5-16,23-24H,1-4H3,(H,31,36)/t23-,24-/m0/s1. The summed E-state index contributed by atoms with van der Waals surface area (Å²) in [5.74, 6) is -11.5. The number of anilines is 1. The highest BCUT2D eigenvalue weighted by Gasteiger charge is 2.49. The van der Waals surface area contributed by atoms with E-state index in [9.17, 15) is 28.8 Å². The molecule has 0 saturated carbocycles. The normalized spacial score (nSPS) is 11.9. The van der Waals surface area contributed by atoms with E-state index in [4.69, 9.17) is 14.2 Å². The highest BCUT2D eigenvalue weighted by Crippen LogP contribution is 2.30. The molecule has 0 saturated heterocycles. The topological polar surface area (TPSA) is 142 Å². The molecule has 40 heavy (non-hydrogen) atoms. The molecular weight excluding hydrogens is 518 g/mol. The fourth-order valence-corrected chi connectivity index (χ4v) is 3.94. The van der Waals surface area contributed by atoms with Crippen molar-refractivity contribution in [2.24, 2.45) is 11.8 Å². The molecule has 0 fully saturated rings. The van der Waals surface area contributed by atoms with Crippen molar-refractivity contribution >= 4 is 40.7 Å². The first-order chi connectivity index (χ1) is 19.1. The van der Waals surface area contributed by atoms with Crippen molar-refractivity contribution < 1.29 is 43.0 Å². The Labute approximate surface area is 230 Å². The Bertz CT molecular complexity index is 1450. The number of esters is 1. The number of aryl methyl sites for hydroxylation is 1. The van der Waals surface area contributed by atoms with Crippen LogP contribution < -0.4 is 14.8 Å². The number of methoxy groups -OCH3 is 3.